The van der Waals surface area contributed by atoms with Gasteiger partial charge in [0, 0.05) is 6.08 Å². The standard InChI is InChI=1S/C8H7F7O2/c1-6(3-9,8(13,14)15)7(11,12)2-4(10)5(16)17/h2H,3H2,1H3,(H,16,17)/p-1. The Morgan fingerprint density at radius 2 is 1.65 bits per heavy atom. The molecule has 0 saturated carbocycles. The maximum absolute atomic E-state index is 13.0. The molecule has 0 saturated heterocycles. The minimum absolute atomic E-state index is 0.188. The van der Waals surface area contributed by atoms with Gasteiger partial charge >= 0.3 is 6.18 Å². The summed E-state index contributed by atoms with van der Waals surface area (Å²) in [5.74, 6) is -10.4. The van der Waals surface area contributed by atoms with Crippen molar-refractivity contribution in [1.82, 2.24) is 0 Å². The summed E-state index contributed by atoms with van der Waals surface area (Å²) in [6.45, 7) is -2.73. The average molecular weight is 267 g/mol. The van der Waals surface area contributed by atoms with Gasteiger partial charge in [0.1, 0.15) is 12.5 Å². The van der Waals surface area contributed by atoms with Gasteiger partial charge in [0.2, 0.25) is 0 Å². The van der Waals surface area contributed by atoms with Gasteiger partial charge in [-0.1, -0.05) is 0 Å². The third kappa shape index (κ3) is 2.89. The summed E-state index contributed by atoms with van der Waals surface area (Å²) in [6, 6.07) is 0. The lowest BCUT2D eigenvalue weighted by atomic mass is 9.83. The highest BCUT2D eigenvalue weighted by Gasteiger charge is 2.65. The fraction of sp³-hybridized carbons (Fsp3) is 0.625. The van der Waals surface area contributed by atoms with E-state index in [1.54, 1.807) is 0 Å². The van der Waals surface area contributed by atoms with E-state index in [2.05, 4.69) is 0 Å². The Hall–Kier alpha value is -1.28. The van der Waals surface area contributed by atoms with Crippen LogP contribution in [-0.4, -0.2) is 24.7 Å². The van der Waals surface area contributed by atoms with Gasteiger partial charge in [-0.3, -0.25) is 0 Å². The first-order valence-corrected chi connectivity index (χ1v) is 3.99. The van der Waals surface area contributed by atoms with E-state index in [1.807, 2.05) is 0 Å². The Morgan fingerprint density at radius 1 is 1.24 bits per heavy atom. The first-order chi connectivity index (χ1) is 7.39. The van der Waals surface area contributed by atoms with E-state index in [0.717, 1.165) is 0 Å². The molecule has 0 heterocycles. The Balaban J connectivity index is 5.57. The molecule has 2 nitrogen and oxygen atoms in total. The lowest BCUT2D eigenvalue weighted by Crippen LogP contribution is -2.51. The number of carbonyl (C=O) groups is 1. The fourth-order valence-electron chi connectivity index (χ4n) is 0.731. The maximum atomic E-state index is 13.0. The average Bonchev–Trinajstić information content (AvgIpc) is 2.13. The number of rotatable bonds is 4. The molecule has 0 aliphatic carbocycles. The van der Waals surface area contributed by atoms with Crippen molar-refractivity contribution in [2.75, 3.05) is 6.67 Å². The van der Waals surface area contributed by atoms with Gasteiger partial charge in [-0.15, -0.1) is 0 Å². The number of halogens is 7. The molecule has 0 aromatic rings. The van der Waals surface area contributed by atoms with Crippen molar-refractivity contribution in [1.29, 1.82) is 0 Å². The highest BCUT2D eigenvalue weighted by Crippen LogP contribution is 2.50. The van der Waals surface area contributed by atoms with Crippen molar-refractivity contribution in [2.24, 2.45) is 5.41 Å². The maximum Gasteiger partial charge on any atom is 0.402 e. The lowest BCUT2D eigenvalue weighted by Gasteiger charge is -2.34. The zero-order valence-corrected chi connectivity index (χ0v) is 8.25. The molecule has 1 unspecified atom stereocenters. The second kappa shape index (κ2) is 4.53. The lowest BCUT2D eigenvalue weighted by molar-refractivity contribution is -0.302. The van der Waals surface area contributed by atoms with Gasteiger partial charge in [-0.25, -0.2) is 17.6 Å². The van der Waals surface area contributed by atoms with Gasteiger partial charge in [-0.05, 0) is 6.92 Å². The highest BCUT2D eigenvalue weighted by atomic mass is 19.4. The summed E-state index contributed by atoms with van der Waals surface area (Å²) >= 11 is 0. The van der Waals surface area contributed by atoms with Crippen molar-refractivity contribution < 1.29 is 40.6 Å². The molecular formula is C8H6F7O2-. The smallest absolute Gasteiger partial charge is 0.402 e. The Labute approximate surface area is 90.7 Å². The van der Waals surface area contributed by atoms with Crippen molar-refractivity contribution in [3.8, 4) is 0 Å². The summed E-state index contributed by atoms with van der Waals surface area (Å²) in [7, 11) is 0. The zero-order chi connectivity index (χ0) is 14.1. The predicted octanol–water partition coefficient (Wildman–Crippen LogP) is 1.76. The largest absolute Gasteiger partial charge is 0.542 e. The summed E-state index contributed by atoms with van der Waals surface area (Å²) in [5.41, 5.74) is -4.22. The van der Waals surface area contributed by atoms with Gasteiger partial charge in [0.15, 0.2) is 5.41 Å². The molecule has 0 amide bonds. The quantitative estimate of drug-likeness (QED) is 0.575. The number of carboxylic acids is 1. The topological polar surface area (TPSA) is 40.1 Å². The van der Waals surface area contributed by atoms with E-state index < -0.39 is 42.1 Å². The van der Waals surface area contributed by atoms with Crippen LogP contribution in [0.25, 0.3) is 0 Å². The SMILES string of the molecule is CC(CF)(C(F)(F)F)C(F)(F)C=C(F)C(=O)[O-]. The molecule has 9 heteroatoms. The number of carbonyl (C=O) groups excluding carboxylic acids is 1. The third-order valence-corrected chi connectivity index (χ3v) is 2.13. The van der Waals surface area contributed by atoms with Crippen LogP contribution in [-0.2, 0) is 4.79 Å². The molecule has 0 N–H and O–H groups in total. The van der Waals surface area contributed by atoms with Crippen LogP contribution in [0, 0.1) is 5.41 Å². The second-order valence-corrected chi connectivity index (χ2v) is 3.37. The molecule has 0 aromatic carbocycles. The molecule has 0 fully saturated rings. The summed E-state index contributed by atoms with van der Waals surface area (Å²) in [6.07, 6.45) is -6.80. The number of hydrogen-bond donors (Lipinski definition) is 0. The number of aliphatic carboxylic acids is 1. The van der Waals surface area contributed by atoms with Crippen LogP contribution in [0.2, 0.25) is 0 Å². The number of hydrogen-bond acceptors (Lipinski definition) is 2. The van der Waals surface area contributed by atoms with E-state index in [4.69, 9.17) is 0 Å². The van der Waals surface area contributed by atoms with Crippen LogP contribution in [0.4, 0.5) is 30.7 Å². The van der Waals surface area contributed by atoms with E-state index >= 15 is 0 Å². The van der Waals surface area contributed by atoms with Gasteiger partial charge in [0.05, 0.1) is 5.97 Å². The van der Waals surface area contributed by atoms with E-state index in [-0.39, 0.29) is 6.92 Å². The number of alkyl halides is 6. The van der Waals surface area contributed by atoms with Crippen LogP contribution in [0.1, 0.15) is 6.92 Å². The van der Waals surface area contributed by atoms with Gasteiger partial charge < -0.3 is 9.90 Å². The minimum atomic E-state index is -5.69. The van der Waals surface area contributed by atoms with Crippen molar-refractivity contribution in [3.63, 3.8) is 0 Å². The van der Waals surface area contributed by atoms with Crippen LogP contribution < -0.4 is 5.11 Å². The molecule has 17 heavy (non-hydrogen) atoms. The molecule has 0 spiro atoms. The molecule has 0 bridgehead atoms. The molecule has 0 radical (unpaired) electrons. The van der Waals surface area contributed by atoms with Crippen molar-refractivity contribution >= 4 is 5.97 Å². The van der Waals surface area contributed by atoms with Crippen molar-refractivity contribution in [3.05, 3.63) is 11.9 Å². The van der Waals surface area contributed by atoms with E-state index in [9.17, 15) is 40.6 Å². The molecule has 100 valence electrons. The molecule has 0 aliphatic heterocycles. The molecular weight excluding hydrogens is 261 g/mol. The number of carboxylic acid groups (broad SMARTS) is 1. The van der Waals surface area contributed by atoms with Gasteiger partial charge in [-0.2, -0.15) is 13.2 Å². The first-order valence-electron chi connectivity index (χ1n) is 3.99. The molecule has 0 rings (SSSR count). The highest BCUT2D eigenvalue weighted by molar-refractivity contribution is 5.82. The van der Waals surface area contributed by atoms with Crippen molar-refractivity contribution in [2.45, 2.75) is 19.0 Å². The monoisotopic (exact) mass is 267 g/mol. The predicted molar refractivity (Wildman–Crippen MR) is 39.3 cm³/mol. The van der Waals surface area contributed by atoms with E-state index in [1.165, 1.54) is 0 Å². The second-order valence-electron chi connectivity index (χ2n) is 3.37. The summed E-state index contributed by atoms with van der Waals surface area (Å²) in [5, 5.41) is 9.78. The van der Waals surface area contributed by atoms with Crippen LogP contribution in [0.3, 0.4) is 0 Å². The first kappa shape index (κ1) is 15.7. The van der Waals surface area contributed by atoms with E-state index in [0.29, 0.717) is 0 Å². The summed E-state index contributed by atoms with van der Waals surface area (Å²) in [4.78, 5) is 9.78. The third-order valence-electron chi connectivity index (χ3n) is 2.13. The normalized spacial score (nSPS) is 17.8. The molecule has 0 aliphatic rings. The Bertz CT molecular complexity index is 333. The zero-order valence-electron chi connectivity index (χ0n) is 8.25. The molecule has 0 aromatic heterocycles. The van der Waals surface area contributed by atoms with Crippen LogP contribution in [0.15, 0.2) is 11.9 Å². The Morgan fingerprint density at radius 3 is 1.88 bits per heavy atom. The van der Waals surface area contributed by atoms with Gasteiger partial charge in [0.25, 0.3) is 5.92 Å². The number of allylic oxidation sites excluding steroid dienone is 1. The van der Waals surface area contributed by atoms with Crippen LogP contribution >= 0.6 is 0 Å². The minimum Gasteiger partial charge on any atom is -0.542 e. The fourth-order valence-corrected chi connectivity index (χ4v) is 0.731. The van der Waals surface area contributed by atoms with Crippen LogP contribution in [0.5, 0.6) is 0 Å². The Kier molecular flexibility index (Phi) is 4.19. The summed E-state index contributed by atoms with van der Waals surface area (Å²) < 4.78 is 87.2. The molecule has 1 atom stereocenters.